The summed E-state index contributed by atoms with van der Waals surface area (Å²) in [6.45, 7) is 2.20. The van der Waals surface area contributed by atoms with Crippen LogP contribution in [-0.2, 0) is 0 Å². The molecule has 1 saturated carbocycles. The zero-order valence-electron chi connectivity index (χ0n) is 8.92. The van der Waals surface area contributed by atoms with Gasteiger partial charge in [-0.1, -0.05) is 13.3 Å². The molecule has 1 N–H and O–H groups in total. The van der Waals surface area contributed by atoms with Crippen molar-refractivity contribution in [2.24, 2.45) is 0 Å². The van der Waals surface area contributed by atoms with Crippen molar-refractivity contribution >= 4 is 11.3 Å². The van der Waals surface area contributed by atoms with Crippen LogP contribution in [0.5, 0.6) is 0 Å². The Bertz CT molecular complexity index is 287. The van der Waals surface area contributed by atoms with E-state index in [0.29, 0.717) is 6.04 Å². The third kappa shape index (κ3) is 1.84. The van der Waals surface area contributed by atoms with Crippen LogP contribution < -0.4 is 5.32 Å². The van der Waals surface area contributed by atoms with Gasteiger partial charge in [0.05, 0.1) is 10.7 Å². The smallest absolute Gasteiger partial charge is 0.0959 e. The van der Waals surface area contributed by atoms with E-state index < -0.39 is 0 Å². The van der Waals surface area contributed by atoms with Crippen LogP contribution in [0.2, 0.25) is 0 Å². The van der Waals surface area contributed by atoms with Crippen LogP contribution in [0.1, 0.15) is 55.3 Å². The Morgan fingerprint density at radius 2 is 2.43 bits per heavy atom. The quantitative estimate of drug-likeness (QED) is 0.826. The minimum atomic E-state index is 0.445. The average Bonchev–Trinajstić information content (AvgIpc) is 2.53. The van der Waals surface area contributed by atoms with Crippen LogP contribution in [0.3, 0.4) is 0 Å². The Kier molecular flexibility index (Phi) is 3.19. The maximum absolute atomic E-state index is 4.73. The van der Waals surface area contributed by atoms with Crippen LogP contribution in [-0.4, -0.2) is 12.0 Å². The molecule has 0 aliphatic heterocycles. The molecule has 14 heavy (non-hydrogen) atoms. The number of rotatable bonds is 4. The van der Waals surface area contributed by atoms with Crippen molar-refractivity contribution < 1.29 is 0 Å². The highest BCUT2D eigenvalue weighted by molar-refractivity contribution is 7.09. The van der Waals surface area contributed by atoms with Crippen LogP contribution in [0.4, 0.5) is 0 Å². The van der Waals surface area contributed by atoms with Crippen LogP contribution in [0.15, 0.2) is 5.38 Å². The molecule has 78 valence electrons. The van der Waals surface area contributed by atoms with E-state index in [1.807, 2.05) is 18.4 Å². The van der Waals surface area contributed by atoms with Gasteiger partial charge < -0.3 is 5.32 Å². The van der Waals surface area contributed by atoms with Gasteiger partial charge >= 0.3 is 0 Å². The normalized spacial score (nSPS) is 19.3. The molecule has 2 rings (SSSR count). The van der Waals surface area contributed by atoms with Crippen molar-refractivity contribution in [2.75, 3.05) is 7.05 Å². The summed E-state index contributed by atoms with van der Waals surface area (Å²) < 4.78 is 0. The molecule has 1 fully saturated rings. The fourth-order valence-corrected chi connectivity index (χ4v) is 2.91. The Hall–Kier alpha value is -0.410. The van der Waals surface area contributed by atoms with E-state index in [-0.39, 0.29) is 0 Å². The third-order valence-corrected chi connectivity index (χ3v) is 4.13. The van der Waals surface area contributed by atoms with Gasteiger partial charge in [0, 0.05) is 17.3 Å². The lowest BCUT2D eigenvalue weighted by Gasteiger charge is -2.22. The summed E-state index contributed by atoms with van der Waals surface area (Å²) in [6.07, 6.45) is 5.21. The van der Waals surface area contributed by atoms with Gasteiger partial charge in [0.2, 0.25) is 0 Å². The highest BCUT2D eigenvalue weighted by Crippen LogP contribution is 2.38. The lowest BCUT2D eigenvalue weighted by molar-refractivity contribution is 0.416. The van der Waals surface area contributed by atoms with Crippen molar-refractivity contribution in [1.29, 1.82) is 0 Å². The minimum absolute atomic E-state index is 0.445. The molecule has 1 unspecified atom stereocenters. The molecule has 0 spiro atoms. The molecule has 1 aliphatic carbocycles. The van der Waals surface area contributed by atoms with Gasteiger partial charge in [-0.25, -0.2) is 4.98 Å². The Morgan fingerprint density at radius 1 is 1.64 bits per heavy atom. The van der Waals surface area contributed by atoms with Gasteiger partial charge in [-0.05, 0) is 26.3 Å². The van der Waals surface area contributed by atoms with Gasteiger partial charge in [-0.15, -0.1) is 11.3 Å². The first-order valence-electron chi connectivity index (χ1n) is 5.47. The summed E-state index contributed by atoms with van der Waals surface area (Å²) in [5, 5.41) is 6.88. The van der Waals surface area contributed by atoms with E-state index in [0.717, 1.165) is 12.3 Å². The molecule has 0 aromatic carbocycles. The third-order valence-electron chi connectivity index (χ3n) is 3.11. The first-order chi connectivity index (χ1) is 6.85. The van der Waals surface area contributed by atoms with E-state index in [1.165, 1.54) is 30.0 Å². The largest absolute Gasteiger partial charge is 0.312 e. The van der Waals surface area contributed by atoms with Gasteiger partial charge in [0.15, 0.2) is 0 Å². The van der Waals surface area contributed by atoms with Gasteiger partial charge in [-0.2, -0.15) is 0 Å². The van der Waals surface area contributed by atoms with Gasteiger partial charge in [0.1, 0.15) is 0 Å². The lowest BCUT2D eigenvalue weighted by atomic mass is 9.86. The zero-order valence-corrected chi connectivity index (χ0v) is 9.73. The van der Waals surface area contributed by atoms with Crippen molar-refractivity contribution in [1.82, 2.24) is 10.3 Å². The van der Waals surface area contributed by atoms with E-state index in [9.17, 15) is 0 Å². The van der Waals surface area contributed by atoms with Crippen LogP contribution >= 0.6 is 11.3 Å². The Labute approximate surface area is 89.8 Å². The first-order valence-corrected chi connectivity index (χ1v) is 6.35. The fourth-order valence-electron chi connectivity index (χ4n) is 1.86. The molecule has 0 bridgehead atoms. The molecule has 1 aliphatic rings. The Balaban J connectivity index is 2.07. The topological polar surface area (TPSA) is 24.9 Å². The highest BCUT2D eigenvalue weighted by atomic mass is 32.1. The summed E-state index contributed by atoms with van der Waals surface area (Å²) in [4.78, 5) is 4.73. The summed E-state index contributed by atoms with van der Waals surface area (Å²) in [6, 6.07) is 0.445. The van der Waals surface area contributed by atoms with Crippen molar-refractivity contribution in [3.8, 4) is 0 Å². The fraction of sp³-hybridized carbons (Fsp3) is 0.727. The minimum Gasteiger partial charge on any atom is -0.312 e. The molecule has 0 saturated heterocycles. The standard InChI is InChI=1S/C11H18N2S/c1-3-9(12-2)10-7-14-11(13-10)8-5-4-6-8/h7-9,12H,3-6H2,1-2H3. The maximum Gasteiger partial charge on any atom is 0.0959 e. The number of nitrogens with zero attached hydrogens (tertiary/aromatic N) is 1. The summed E-state index contributed by atoms with van der Waals surface area (Å²) in [7, 11) is 2.01. The molecule has 1 atom stereocenters. The monoisotopic (exact) mass is 210 g/mol. The molecular formula is C11H18N2S. The maximum atomic E-state index is 4.73. The van der Waals surface area contributed by atoms with E-state index in [1.54, 1.807) is 0 Å². The second-order valence-electron chi connectivity index (χ2n) is 3.99. The second-order valence-corrected chi connectivity index (χ2v) is 4.88. The summed E-state index contributed by atoms with van der Waals surface area (Å²) in [5.41, 5.74) is 1.24. The molecule has 0 amide bonds. The SMILES string of the molecule is CCC(NC)c1csc(C2CCC2)n1. The number of aromatic nitrogens is 1. The van der Waals surface area contributed by atoms with Crippen molar-refractivity contribution in [3.63, 3.8) is 0 Å². The number of nitrogens with one attached hydrogen (secondary N) is 1. The first kappa shape index (κ1) is 10.1. The van der Waals surface area contributed by atoms with Crippen LogP contribution in [0, 0.1) is 0 Å². The van der Waals surface area contributed by atoms with Crippen molar-refractivity contribution in [2.45, 2.75) is 44.6 Å². The number of hydrogen-bond acceptors (Lipinski definition) is 3. The molecule has 2 nitrogen and oxygen atoms in total. The molecular weight excluding hydrogens is 192 g/mol. The second kappa shape index (κ2) is 4.41. The predicted octanol–water partition coefficient (Wildman–Crippen LogP) is 3.08. The molecule has 1 aromatic heterocycles. The zero-order chi connectivity index (χ0) is 9.97. The number of thiazole rings is 1. The average molecular weight is 210 g/mol. The summed E-state index contributed by atoms with van der Waals surface area (Å²) in [5.74, 6) is 0.781. The van der Waals surface area contributed by atoms with Gasteiger partial charge in [-0.3, -0.25) is 0 Å². The van der Waals surface area contributed by atoms with E-state index >= 15 is 0 Å². The van der Waals surface area contributed by atoms with E-state index in [2.05, 4.69) is 17.6 Å². The van der Waals surface area contributed by atoms with Gasteiger partial charge in [0.25, 0.3) is 0 Å². The lowest BCUT2D eigenvalue weighted by Crippen LogP contribution is -2.16. The molecule has 0 radical (unpaired) electrons. The molecule has 1 aromatic rings. The van der Waals surface area contributed by atoms with Crippen LogP contribution in [0.25, 0.3) is 0 Å². The molecule has 1 heterocycles. The summed E-state index contributed by atoms with van der Waals surface area (Å²) >= 11 is 1.84. The van der Waals surface area contributed by atoms with Crippen molar-refractivity contribution in [3.05, 3.63) is 16.1 Å². The molecule has 3 heteroatoms. The predicted molar refractivity (Wildman–Crippen MR) is 60.8 cm³/mol. The number of hydrogen-bond donors (Lipinski definition) is 1. The highest BCUT2D eigenvalue weighted by Gasteiger charge is 2.23. The van der Waals surface area contributed by atoms with E-state index in [4.69, 9.17) is 4.98 Å². The Morgan fingerprint density at radius 3 is 2.93 bits per heavy atom.